The topological polar surface area (TPSA) is 79.3 Å². The molecule has 31 heavy (non-hydrogen) atoms. The lowest BCUT2D eigenvalue weighted by atomic mass is 9.86. The van der Waals surface area contributed by atoms with E-state index in [1.165, 1.54) is 7.05 Å². The highest BCUT2D eigenvalue weighted by Crippen LogP contribution is 2.32. The quantitative estimate of drug-likeness (QED) is 0.724. The van der Waals surface area contributed by atoms with Crippen molar-refractivity contribution in [1.82, 2.24) is 25.3 Å². The molecule has 0 aliphatic carbocycles. The molecular weight excluding hydrogens is 411 g/mol. The summed E-state index contributed by atoms with van der Waals surface area (Å²) in [6.07, 6.45) is 0.449. The number of carbonyl (C=O) groups excluding carboxylic acids is 2. The number of likely N-dealkylation sites (N-methyl/N-ethyl adjacent to an activating group) is 2. The summed E-state index contributed by atoms with van der Waals surface area (Å²) in [6, 6.07) is -0.304. The maximum Gasteiger partial charge on any atom is 0.343 e. The van der Waals surface area contributed by atoms with Crippen molar-refractivity contribution in [3.05, 3.63) is 40.8 Å². The van der Waals surface area contributed by atoms with Crippen molar-refractivity contribution in [3.63, 3.8) is 0 Å². The average molecular weight is 437 g/mol. The molecule has 1 atom stereocenters. The van der Waals surface area contributed by atoms with Crippen molar-refractivity contribution >= 4 is 11.9 Å². The van der Waals surface area contributed by atoms with Gasteiger partial charge < -0.3 is 15.5 Å². The third kappa shape index (κ3) is 4.43. The zero-order valence-corrected chi connectivity index (χ0v) is 18.1. The first-order valence-corrected chi connectivity index (χ1v) is 9.90. The summed E-state index contributed by atoms with van der Waals surface area (Å²) in [5.41, 5.74) is 0.376. The fourth-order valence-corrected chi connectivity index (χ4v) is 3.64. The highest BCUT2D eigenvalue weighted by Gasteiger charge is 2.35. The number of hydrogen-bond donors (Lipinski definition) is 2. The molecule has 2 heterocycles. The predicted molar refractivity (Wildman–Crippen MR) is 109 cm³/mol. The third-order valence-corrected chi connectivity index (χ3v) is 5.35. The number of hydrogen-bond acceptors (Lipinski definition) is 4. The van der Waals surface area contributed by atoms with E-state index in [-0.39, 0.29) is 17.2 Å². The summed E-state index contributed by atoms with van der Waals surface area (Å²) in [6.45, 7) is 6.40. The SMILES string of the molecule is CNC(=O)C(NC(=O)n1nc(-c2cc(F)c(F)cc2F)c2c1CN(C)CC2)C(C)(C)C. The van der Waals surface area contributed by atoms with Crippen LogP contribution in [0.2, 0.25) is 0 Å². The van der Waals surface area contributed by atoms with Gasteiger partial charge in [0.15, 0.2) is 11.6 Å². The molecule has 0 saturated heterocycles. The zero-order valence-electron chi connectivity index (χ0n) is 18.1. The van der Waals surface area contributed by atoms with Crippen molar-refractivity contribution < 1.29 is 22.8 Å². The normalized spacial score (nSPS) is 15.4. The number of nitrogens with one attached hydrogen (secondary N) is 2. The molecule has 0 radical (unpaired) electrons. The van der Waals surface area contributed by atoms with Crippen molar-refractivity contribution in [1.29, 1.82) is 0 Å². The first-order valence-electron chi connectivity index (χ1n) is 9.90. The van der Waals surface area contributed by atoms with Crippen molar-refractivity contribution in [2.24, 2.45) is 5.41 Å². The molecule has 7 nitrogen and oxygen atoms in total. The maximum absolute atomic E-state index is 14.5. The molecule has 0 saturated carbocycles. The number of benzene rings is 1. The highest BCUT2D eigenvalue weighted by atomic mass is 19.2. The second-order valence-corrected chi connectivity index (χ2v) is 8.78. The minimum absolute atomic E-state index is 0.0851. The molecule has 2 aromatic rings. The lowest BCUT2D eigenvalue weighted by Crippen LogP contribution is -2.54. The van der Waals surface area contributed by atoms with E-state index in [1.54, 1.807) is 0 Å². The van der Waals surface area contributed by atoms with E-state index >= 15 is 0 Å². The van der Waals surface area contributed by atoms with Crippen molar-refractivity contribution in [2.75, 3.05) is 20.6 Å². The van der Waals surface area contributed by atoms with E-state index in [2.05, 4.69) is 15.7 Å². The lowest BCUT2D eigenvalue weighted by Gasteiger charge is -2.30. The molecular formula is C21H26F3N5O2. The molecule has 0 bridgehead atoms. The standard InChI is InChI=1S/C21H26F3N5O2/c1-21(2,3)18(19(30)25-4)26-20(31)29-16-10-28(5)7-6-11(16)17(27-29)12-8-14(23)15(24)9-13(12)22/h8-9,18H,6-7,10H2,1-5H3,(H,25,30)(H,26,31). The van der Waals surface area contributed by atoms with E-state index in [0.717, 1.165) is 10.7 Å². The second-order valence-electron chi connectivity index (χ2n) is 8.78. The Bertz CT molecular complexity index is 1030. The van der Waals surface area contributed by atoms with Gasteiger partial charge in [0.2, 0.25) is 5.91 Å². The summed E-state index contributed by atoms with van der Waals surface area (Å²) in [4.78, 5) is 27.4. The lowest BCUT2D eigenvalue weighted by molar-refractivity contribution is -0.124. The van der Waals surface area contributed by atoms with Crippen LogP contribution in [0, 0.1) is 22.9 Å². The molecule has 0 spiro atoms. The Kier molecular flexibility index (Phi) is 6.13. The number of fused-ring (bicyclic) bond motifs is 1. The molecule has 10 heteroatoms. The van der Waals surface area contributed by atoms with Crippen LogP contribution in [-0.2, 0) is 17.8 Å². The number of amides is 2. The Balaban J connectivity index is 2.08. The smallest absolute Gasteiger partial charge is 0.343 e. The molecule has 1 aliphatic rings. The number of aromatic nitrogens is 2. The fourth-order valence-electron chi connectivity index (χ4n) is 3.64. The van der Waals surface area contributed by atoms with Crippen molar-refractivity contribution in [3.8, 4) is 11.3 Å². The van der Waals surface area contributed by atoms with Gasteiger partial charge in [0.05, 0.1) is 11.4 Å². The summed E-state index contributed by atoms with van der Waals surface area (Å²) in [7, 11) is 3.33. The molecule has 1 aromatic carbocycles. The van der Waals surface area contributed by atoms with Crippen LogP contribution >= 0.6 is 0 Å². The minimum Gasteiger partial charge on any atom is -0.357 e. The Morgan fingerprint density at radius 1 is 1.13 bits per heavy atom. The molecule has 168 valence electrons. The monoisotopic (exact) mass is 437 g/mol. The van der Waals surface area contributed by atoms with Gasteiger partial charge in [-0.3, -0.25) is 4.79 Å². The molecule has 0 fully saturated rings. The molecule has 2 N–H and O–H groups in total. The third-order valence-electron chi connectivity index (χ3n) is 5.35. The van der Waals surface area contributed by atoms with Gasteiger partial charge in [-0.15, -0.1) is 0 Å². The average Bonchev–Trinajstić information content (AvgIpc) is 3.05. The van der Waals surface area contributed by atoms with Gasteiger partial charge in [0.25, 0.3) is 0 Å². The van der Waals surface area contributed by atoms with Crippen LogP contribution in [0.5, 0.6) is 0 Å². The van der Waals surface area contributed by atoms with E-state index in [9.17, 15) is 22.8 Å². The summed E-state index contributed by atoms with van der Waals surface area (Å²) < 4.78 is 42.8. The summed E-state index contributed by atoms with van der Waals surface area (Å²) in [5, 5.41) is 9.49. The number of halogens is 3. The molecule has 1 aliphatic heterocycles. The Labute approximate surface area is 178 Å². The van der Waals surface area contributed by atoms with Crippen LogP contribution in [0.3, 0.4) is 0 Å². The van der Waals surface area contributed by atoms with Crippen LogP contribution in [0.15, 0.2) is 12.1 Å². The van der Waals surface area contributed by atoms with E-state index in [4.69, 9.17) is 0 Å². The Morgan fingerprint density at radius 3 is 2.39 bits per heavy atom. The van der Waals surface area contributed by atoms with Gasteiger partial charge in [-0.05, 0) is 24.9 Å². The number of nitrogens with zero attached hydrogens (tertiary/aromatic N) is 3. The van der Waals surface area contributed by atoms with Gasteiger partial charge in [-0.25, -0.2) is 18.0 Å². The van der Waals surface area contributed by atoms with Gasteiger partial charge in [0.1, 0.15) is 11.9 Å². The van der Waals surface area contributed by atoms with E-state index in [0.29, 0.717) is 36.8 Å². The highest BCUT2D eigenvalue weighted by molar-refractivity contribution is 5.88. The van der Waals surface area contributed by atoms with Crippen LogP contribution < -0.4 is 10.6 Å². The van der Waals surface area contributed by atoms with Gasteiger partial charge in [-0.1, -0.05) is 20.8 Å². The van der Waals surface area contributed by atoms with Gasteiger partial charge in [0, 0.05) is 37.3 Å². The maximum atomic E-state index is 14.5. The van der Waals surface area contributed by atoms with Crippen LogP contribution in [0.25, 0.3) is 11.3 Å². The van der Waals surface area contributed by atoms with Gasteiger partial charge in [-0.2, -0.15) is 9.78 Å². The predicted octanol–water partition coefficient (Wildman–Crippen LogP) is 2.67. The Morgan fingerprint density at radius 2 is 1.77 bits per heavy atom. The number of carbonyl (C=O) groups is 2. The minimum atomic E-state index is -1.30. The molecule has 1 aromatic heterocycles. The summed E-state index contributed by atoms with van der Waals surface area (Å²) >= 11 is 0. The molecule has 3 rings (SSSR count). The van der Waals surface area contributed by atoms with Gasteiger partial charge >= 0.3 is 6.03 Å². The zero-order chi connectivity index (χ0) is 23.1. The summed E-state index contributed by atoms with van der Waals surface area (Å²) in [5.74, 6) is -3.84. The first-order chi connectivity index (χ1) is 14.4. The van der Waals surface area contributed by atoms with Crippen LogP contribution in [0.1, 0.15) is 32.0 Å². The fraction of sp³-hybridized carbons (Fsp3) is 0.476. The second kappa shape index (κ2) is 8.33. The Hall–Kier alpha value is -2.88. The molecule has 2 amide bonds. The number of rotatable bonds is 3. The van der Waals surface area contributed by atoms with Crippen LogP contribution in [-0.4, -0.2) is 53.3 Å². The van der Waals surface area contributed by atoms with E-state index in [1.807, 2.05) is 32.7 Å². The van der Waals surface area contributed by atoms with E-state index < -0.39 is 34.9 Å². The first kappa shape index (κ1) is 22.8. The van der Waals surface area contributed by atoms with Crippen LogP contribution in [0.4, 0.5) is 18.0 Å². The largest absolute Gasteiger partial charge is 0.357 e. The van der Waals surface area contributed by atoms with Crippen molar-refractivity contribution in [2.45, 2.75) is 39.8 Å². The molecule has 1 unspecified atom stereocenters.